The van der Waals surface area contributed by atoms with Crippen molar-refractivity contribution in [3.63, 3.8) is 0 Å². The summed E-state index contributed by atoms with van der Waals surface area (Å²) >= 11 is 1.54. The number of nitrogen functional groups attached to an aromatic ring is 1. The average molecular weight is 282 g/mol. The summed E-state index contributed by atoms with van der Waals surface area (Å²) in [7, 11) is -1.98. The number of hydrogen-bond acceptors (Lipinski definition) is 4. The molecule has 0 atom stereocenters. The summed E-state index contributed by atoms with van der Waals surface area (Å²) in [5.41, 5.74) is 6.96. The fraction of sp³-hybridized carbons (Fsp3) is 0.167. The highest BCUT2D eigenvalue weighted by molar-refractivity contribution is 7.89. The molecule has 4 nitrogen and oxygen atoms in total. The molecule has 6 heteroatoms. The van der Waals surface area contributed by atoms with Crippen LogP contribution in [0.3, 0.4) is 0 Å². The number of sulfonamides is 1. The van der Waals surface area contributed by atoms with Gasteiger partial charge in [-0.05, 0) is 34.5 Å². The van der Waals surface area contributed by atoms with Crippen LogP contribution in [0.1, 0.15) is 5.56 Å². The molecule has 18 heavy (non-hydrogen) atoms. The van der Waals surface area contributed by atoms with Crippen molar-refractivity contribution in [2.45, 2.75) is 11.4 Å². The average Bonchev–Trinajstić information content (AvgIpc) is 2.82. The number of anilines is 1. The lowest BCUT2D eigenvalue weighted by atomic mass is 10.3. The molecule has 0 spiro atoms. The molecule has 0 aliphatic rings. The molecule has 0 aliphatic heterocycles. The Morgan fingerprint density at radius 3 is 2.61 bits per heavy atom. The largest absolute Gasteiger partial charge is 0.398 e. The number of nitrogens with zero attached hydrogens (tertiary/aromatic N) is 1. The second kappa shape index (κ2) is 5.09. The van der Waals surface area contributed by atoms with Crippen LogP contribution in [0.5, 0.6) is 0 Å². The lowest BCUT2D eigenvalue weighted by molar-refractivity contribution is 0.467. The molecular weight excluding hydrogens is 268 g/mol. The number of hydrogen-bond donors (Lipinski definition) is 1. The van der Waals surface area contributed by atoms with Gasteiger partial charge in [-0.1, -0.05) is 12.1 Å². The van der Waals surface area contributed by atoms with E-state index in [1.165, 1.54) is 10.4 Å². The molecule has 0 saturated carbocycles. The van der Waals surface area contributed by atoms with E-state index in [1.54, 1.807) is 36.6 Å². The molecule has 1 aromatic heterocycles. The molecule has 2 rings (SSSR count). The first kappa shape index (κ1) is 13.1. The van der Waals surface area contributed by atoms with E-state index in [2.05, 4.69) is 0 Å². The van der Waals surface area contributed by atoms with Crippen LogP contribution in [0.2, 0.25) is 0 Å². The van der Waals surface area contributed by atoms with E-state index in [9.17, 15) is 8.42 Å². The maximum absolute atomic E-state index is 12.3. The quantitative estimate of drug-likeness (QED) is 0.874. The molecule has 0 fully saturated rings. The fourth-order valence-electron chi connectivity index (χ4n) is 1.61. The van der Waals surface area contributed by atoms with Crippen LogP contribution in [0.4, 0.5) is 5.69 Å². The SMILES string of the molecule is CN(Cc1ccsc1)S(=O)(=O)c1ccccc1N. The zero-order valence-corrected chi connectivity index (χ0v) is 11.5. The molecule has 0 radical (unpaired) electrons. The minimum absolute atomic E-state index is 0.155. The van der Waals surface area contributed by atoms with Crippen molar-refractivity contribution in [3.8, 4) is 0 Å². The minimum Gasteiger partial charge on any atom is -0.398 e. The van der Waals surface area contributed by atoms with Crippen molar-refractivity contribution in [1.82, 2.24) is 4.31 Å². The Hall–Kier alpha value is -1.37. The van der Waals surface area contributed by atoms with Crippen molar-refractivity contribution >= 4 is 27.0 Å². The molecule has 2 aromatic rings. The van der Waals surface area contributed by atoms with E-state index in [-0.39, 0.29) is 10.6 Å². The van der Waals surface area contributed by atoms with Gasteiger partial charge in [0.1, 0.15) is 4.90 Å². The van der Waals surface area contributed by atoms with Crippen molar-refractivity contribution in [1.29, 1.82) is 0 Å². The van der Waals surface area contributed by atoms with Crippen LogP contribution in [-0.4, -0.2) is 19.8 Å². The molecule has 1 aromatic carbocycles. The van der Waals surface area contributed by atoms with Crippen LogP contribution < -0.4 is 5.73 Å². The Bertz CT molecular complexity index is 621. The Morgan fingerprint density at radius 2 is 2.00 bits per heavy atom. The van der Waals surface area contributed by atoms with E-state index < -0.39 is 10.0 Å². The minimum atomic E-state index is -3.53. The molecular formula is C12H14N2O2S2. The van der Waals surface area contributed by atoms with E-state index in [4.69, 9.17) is 5.73 Å². The van der Waals surface area contributed by atoms with E-state index in [0.717, 1.165) is 5.56 Å². The van der Waals surface area contributed by atoms with Crippen LogP contribution in [0, 0.1) is 0 Å². The predicted molar refractivity (Wildman–Crippen MR) is 73.8 cm³/mol. The number of para-hydroxylation sites is 1. The second-order valence-corrected chi connectivity index (χ2v) is 6.72. The summed E-state index contributed by atoms with van der Waals surface area (Å²) in [4.78, 5) is 0.155. The van der Waals surface area contributed by atoms with Crippen molar-refractivity contribution in [2.75, 3.05) is 12.8 Å². The monoisotopic (exact) mass is 282 g/mol. The fourth-order valence-corrected chi connectivity index (χ4v) is 3.54. The summed E-state index contributed by atoms with van der Waals surface area (Å²) < 4.78 is 26.0. The third-order valence-electron chi connectivity index (χ3n) is 2.59. The van der Waals surface area contributed by atoms with Gasteiger partial charge in [0, 0.05) is 13.6 Å². The lowest BCUT2D eigenvalue weighted by Gasteiger charge is -2.17. The van der Waals surface area contributed by atoms with Gasteiger partial charge in [0.25, 0.3) is 0 Å². The first-order valence-corrected chi connectivity index (χ1v) is 7.72. The summed E-state index contributed by atoms with van der Waals surface area (Å²) in [6.07, 6.45) is 0. The topological polar surface area (TPSA) is 63.4 Å². The molecule has 1 heterocycles. The summed E-state index contributed by atoms with van der Waals surface area (Å²) in [6, 6.07) is 8.40. The summed E-state index contributed by atoms with van der Waals surface area (Å²) in [5.74, 6) is 0. The van der Waals surface area contributed by atoms with Gasteiger partial charge in [-0.2, -0.15) is 15.6 Å². The highest BCUT2D eigenvalue weighted by atomic mass is 32.2. The first-order valence-electron chi connectivity index (χ1n) is 5.34. The first-order chi connectivity index (χ1) is 8.51. The van der Waals surface area contributed by atoms with Gasteiger partial charge in [-0.3, -0.25) is 0 Å². The molecule has 0 bridgehead atoms. The van der Waals surface area contributed by atoms with Gasteiger partial charge in [-0.25, -0.2) is 8.42 Å². The summed E-state index contributed by atoms with van der Waals surface area (Å²) in [6.45, 7) is 0.347. The Morgan fingerprint density at radius 1 is 1.28 bits per heavy atom. The van der Waals surface area contributed by atoms with Gasteiger partial charge < -0.3 is 5.73 Å². The van der Waals surface area contributed by atoms with Crippen LogP contribution in [0.15, 0.2) is 46.0 Å². The predicted octanol–water partition coefficient (Wildman–Crippen LogP) is 2.15. The smallest absolute Gasteiger partial charge is 0.245 e. The normalized spacial score (nSPS) is 11.9. The van der Waals surface area contributed by atoms with Gasteiger partial charge >= 0.3 is 0 Å². The standard InChI is InChI=1S/C12H14N2O2S2/c1-14(8-10-6-7-17-9-10)18(15,16)12-5-3-2-4-11(12)13/h2-7,9H,8,13H2,1H3. The Balaban J connectivity index is 2.29. The zero-order valence-electron chi connectivity index (χ0n) is 9.91. The second-order valence-electron chi connectivity index (χ2n) is 3.93. The van der Waals surface area contributed by atoms with Gasteiger partial charge in [0.05, 0.1) is 5.69 Å². The maximum Gasteiger partial charge on any atom is 0.245 e. The van der Waals surface area contributed by atoms with Crippen LogP contribution in [-0.2, 0) is 16.6 Å². The number of rotatable bonds is 4. The number of nitrogens with two attached hydrogens (primary N) is 1. The summed E-state index contributed by atoms with van der Waals surface area (Å²) in [5, 5.41) is 3.85. The molecule has 96 valence electrons. The number of thiophene rings is 1. The lowest BCUT2D eigenvalue weighted by Crippen LogP contribution is -2.27. The van der Waals surface area contributed by atoms with Gasteiger partial charge in [0.15, 0.2) is 0 Å². The molecule has 0 amide bonds. The van der Waals surface area contributed by atoms with E-state index in [1.807, 2.05) is 16.8 Å². The number of benzene rings is 1. The Kier molecular flexibility index (Phi) is 3.70. The Labute approximate surface area is 111 Å². The van der Waals surface area contributed by atoms with Gasteiger partial charge in [-0.15, -0.1) is 0 Å². The third-order valence-corrected chi connectivity index (χ3v) is 5.20. The van der Waals surface area contributed by atoms with E-state index >= 15 is 0 Å². The van der Waals surface area contributed by atoms with Crippen molar-refractivity contribution < 1.29 is 8.42 Å². The highest BCUT2D eigenvalue weighted by Gasteiger charge is 2.22. The van der Waals surface area contributed by atoms with E-state index in [0.29, 0.717) is 6.54 Å². The molecule has 0 saturated heterocycles. The third kappa shape index (κ3) is 2.55. The van der Waals surface area contributed by atoms with Crippen molar-refractivity contribution in [3.05, 3.63) is 46.7 Å². The van der Waals surface area contributed by atoms with Gasteiger partial charge in [0.2, 0.25) is 10.0 Å². The molecule has 2 N–H and O–H groups in total. The van der Waals surface area contributed by atoms with Crippen LogP contribution >= 0.6 is 11.3 Å². The molecule has 0 aliphatic carbocycles. The van der Waals surface area contributed by atoms with Crippen molar-refractivity contribution in [2.24, 2.45) is 0 Å². The highest BCUT2D eigenvalue weighted by Crippen LogP contribution is 2.22. The maximum atomic E-state index is 12.3. The zero-order chi connectivity index (χ0) is 13.2. The molecule has 0 unspecified atom stereocenters. The van der Waals surface area contributed by atoms with Crippen LogP contribution in [0.25, 0.3) is 0 Å².